The minimum absolute atomic E-state index is 0.402. The average molecular weight is 376 g/mol. The van der Waals surface area contributed by atoms with Crippen molar-refractivity contribution in [3.05, 3.63) is 24.3 Å². The van der Waals surface area contributed by atoms with E-state index in [-0.39, 0.29) is 0 Å². The summed E-state index contributed by atoms with van der Waals surface area (Å²) in [5.41, 5.74) is 1.01. The van der Waals surface area contributed by atoms with E-state index in [2.05, 4.69) is 22.5 Å². The zero-order chi connectivity index (χ0) is 18.2. The van der Waals surface area contributed by atoms with Crippen LogP contribution in [-0.4, -0.2) is 42.3 Å². The highest BCUT2D eigenvalue weighted by Gasteiger charge is 2.16. The van der Waals surface area contributed by atoms with Gasteiger partial charge in [-0.15, -0.1) is 0 Å². The molecular formula is C21H33N3OS. The number of nitrogens with one attached hydrogen (secondary N) is 2. The Hall–Kier alpha value is -1.33. The van der Waals surface area contributed by atoms with Crippen molar-refractivity contribution in [1.82, 2.24) is 10.2 Å². The number of anilines is 1. The summed E-state index contributed by atoms with van der Waals surface area (Å²) in [6, 6.07) is 8.13. The fourth-order valence-electron chi connectivity index (χ4n) is 3.78. The van der Waals surface area contributed by atoms with Crippen LogP contribution in [0.3, 0.4) is 0 Å². The van der Waals surface area contributed by atoms with Gasteiger partial charge in [0.2, 0.25) is 0 Å². The molecule has 0 amide bonds. The number of rotatable bonds is 7. The first-order chi connectivity index (χ1) is 12.7. The van der Waals surface area contributed by atoms with Crippen LogP contribution < -0.4 is 15.4 Å². The van der Waals surface area contributed by atoms with Crippen molar-refractivity contribution in [3.63, 3.8) is 0 Å². The largest absolute Gasteiger partial charge is 0.490 e. The van der Waals surface area contributed by atoms with Gasteiger partial charge in [-0.3, -0.25) is 0 Å². The summed E-state index contributed by atoms with van der Waals surface area (Å²) in [6.07, 6.45) is 9.17. The van der Waals surface area contributed by atoms with Crippen molar-refractivity contribution >= 4 is 23.0 Å². The van der Waals surface area contributed by atoms with Gasteiger partial charge in [-0.05, 0) is 107 Å². The zero-order valence-corrected chi connectivity index (χ0v) is 16.8. The van der Waals surface area contributed by atoms with Gasteiger partial charge in [0.05, 0.1) is 6.10 Å². The molecule has 0 unspecified atom stereocenters. The normalized spacial score (nSPS) is 19.4. The Kier molecular flexibility index (Phi) is 7.56. The standard InChI is InChI=1S/C21H33N3OS/c1-17-11-15-24(16-12-17)14-4-13-22-21(26)23-18-7-9-20(10-8-18)25-19-5-2-3-6-19/h7-10,17,19H,2-6,11-16H2,1H3,(H2,22,23,26). The first kappa shape index (κ1) is 19.4. The van der Waals surface area contributed by atoms with Crippen LogP contribution in [0.4, 0.5) is 5.69 Å². The third kappa shape index (κ3) is 6.44. The Morgan fingerprint density at radius 1 is 1.12 bits per heavy atom. The lowest BCUT2D eigenvalue weighted by Crippen LogP contribution is -2.36. The summed E-state index contributed by atoms with van der Waals surface area (Å²) in [7, 11) is 0. The molecular weight excluding hydrogens is 342 g/mol. The van der Waals surface area contributed by atoms with Crippen LogP contribution >= 0.6 is 12.2 Å². The second-order valence-corrected chi connectivity index (χ2v) is 8.22. The summed E-state index contributed by atoms with van der Waals surface area (Å²) in [4.78, 5) is 2.57. The van der Waals surface area contributed by atoms with Gasteiger partial charge in [0.25, 0.3) is 0 Å². The van der Waals surface area contributed by atoms with E-state index in [0.717, 1.165) is 36.9 Å². The Balaban J connectivity index is 1.30. The highest BCUT2D eigenvalue weighted by Crippen LogP contribution is 2.25. The van der Waals surface area contributed by atoms with Crippen LogP contribution in [0.1, 0.15) is 51.9 Å². The smallest absolute Gasteiger partial charge is 0.170 e. The van der Waals surface area contributed by atoms with Crippen molar-refractivity contribution in [2.75, 3.05) is 31.5 Å². The van der Waals surface area contributed by atoms with E-state index in [4.69, 9.17) is 17.0 Å². The second kappa shape index (κ2) is 10.1. The van der Waals surface area contributed by atoms with Gasteiger partial charge in [0, 0.05) is 12.2 Å². The van der Waals surface area contributed by atoms with E-state index >= 15 is 0 Å². The number of hydrogen-bond acceptors (Lipinski definition) is 3. The van der Waals surface area contributed by atoms with E-state index in [1.807, 2.05) is 24.3 Å². The predicted octanol–water partition coefficient (Wildman–Crippen LogP) is 4.42. The third-order valence-electron chi connectivity index (χ3n) is 5.53. The van der Waals surface area contributed by atoms with E-state index < -0.39 is 0 Å². The van der Waals surface area contributed by atoms with Crippen LogP contribution in [0.25, 0.3) is 0 Å². The SMILES string of the molecule is CC1CCN(CCCNC(=S)Nc2ccc(OC3CCCC3)cc2)CC1. The quantitative estimate of drug-likeness (QED) is 0.545. The lowest BCUT2D eigenvalue weighted by Gasteiger charge is -2.30. The number of piperidine rings is 1. The fraction of sp³-hybridized carbons (Fsp3) is 0.667. The molecule has 0 atom stereocenters. The molecule has 2 N–H and O–H groups in total. The summed E-state index contributed by atoms with van der Waals surface area (Å²) in [6.45, 7) is 6.94. The summed E-state index contributed by atoms with van der Waals surface area (Å²) < 4.78 is 6.00. The van der Waals surface area contributed by atoms with Crippen molar-refractivity contribution in [2.45, 2.75) is 58.0 Å². The van der Waals surface area contributed by atoms with E-state index in [9.17, 15) is 0 Å². The number of benzene rings is 1. The number of nitrogens with zero attached hydrogens (tertiary/aromatic N) is 1. The molecule has 1 saturated heterocycles. The van der Waals surface area contributed by atoms with Gasteiger partial charge in [-0.25, -0.2) is 0 Å². The van der Waals surface area contributed by atoms with Gasteiger partial charge in [0.1, 0.15) is 5.75 Å². The monoisotopic (exact) mass is 375 g/mol. The lowest BCUT2D eigenvalue weighted by atomic mass is 9.99. The van der Waals surface area contributed by atoms with Crippen molar-refractivity contribution in [3.8, 4) is 5.75 Å². The maximum absolute atomic E-state index is 6.00. The highest BCUT2D eigenvalue weighted by atomic mass is 32.1. The predicted molar refractivity (Wildman–Crippen MR) is 113 cm³/mol. The van der Waals surface area contributed by atoms with Gasteiger partial charge in [0.15, 0.2) is 5.11 Å². The molecule has 1 aromatic carbocycles. The lowest BCUT2D eigenvalue weighted by molar-refractivity contribution is 0.191. The molecule has 1 aliphatic heterocycles. The number of thiocarbonyl (C=S) groups is 1. The zero-order valence-electron chi connectivity index (χ0n) is 16.0. The third-order valence-corrected chi connectivity index (χ3v) is 5.78. The molecule has 1 aromatic rings. The molecule has 0 spiro atoms. The summed E-state index contributed by atoms with van der Waals surface area (Å²) in [5, 5.41) is 7.27. The van der Waals surface area contributed by atoms with Crippen LogP contribution in [0.15, 0.2) is 24.3 Å². The molecule has 3 rings (SSSR count). The van der Waals surface area contributed by atoms with Gasteiger partial charge >= 0.3 is 0 Å². The number of likely N-dealkylation sites (tertiary alicyclic amines) is 1. The molecule has 1 heterocycles. The molecule has 144 valence electrons. The van der Waals surface area contributed by atoms with Gasteiger partial charge in [-0.2, -0.15) is 0 Å². The van der Waals surface area contributed by atoms with Crippen LogP contribution in [-0.2, 0) is 0 Å². The molecule has 0 aromatic heterocycles. The molecule has 4 nitrogen and oxygen atoms in total. The average Bonchev–Trinajstić information content (AvgIpc) is 3.15. The second-order valence-electron chi connectivity index (χ2n) is 7.81. The van der Waals surface area contributed by atoms with Crippen molar-refractivity contribution < 1.29 is 4.74 Å². The molecule has 2 fully saturated rings. The van der Waals surface area contributed by atoms with Gasteiger partial charge in [-0.1, -0.05) is 6.92 Å². The first-order valence-corrected chi connectivity index (χ1v) is 10.6. The Bertz CT molecular complexity index is 549. The topological polar surface area (TPSA) is 36.5 Å². The molecule has 2 aliphatic rings. The Labute approximate surface area is 163 Å². The molecule has 0 bridgehead atoms. The van der Waals surface area contributed by atoms with Crippen LogP contribution in [0.2, 0.25) is 0 Å². The molecule has 1 saturated carbocycles. The molecule has 1 aliphatic carbocycles. The minimum atomic E-state index is 0.402. The number of hydrogen-bond donors (Lipinski definition) is 2. The van der Waals surface area contributed by atoms with E-state index in [1.54, 1.807) is 0 Å². The van der Waals surface area contributed by atoms with Crippen LogP contribution in [0, 0.1) is 5.92 Å². The maximum atomic E-state index is 6.00. The maximum Gasteiger partial charge on any atom is 0.170 e. The first-order valence-electron chi connectivity index (χ1n) is 10.2. The van der Waals surface area contributed by atoms with E-state index in [1.165, 1.54) is 51.6 Å². The highest BCUT2D eigenvalue weighted by molar-refractivity contribution is 7.80. The Morgan fingerprint density at radius 3 is 2.50 bits per heavy atom. The molecule has 0 radical (unpaired) electrons. The molecule has 26 heavy (non-hydrogen) atoms. The van der Waals surface area contributed by atoms with Gasteiger partial charge < -0.3 is 20.3 Å². The minimum Gasteiger partial charge on any atom is -0.490 e. The van der Waals surface area contributed by atoms with Crippen LogP contribution in [0.5, 0.6) is 5.75 Å². The number of ether oxygens (including phenoxy) is 1. The summed E-state index contributed by atoms with van der Waals surface area (Å²) in [5.74, 6) is 1.85. The van der Waals surface area contributed by atoms with E-state index in [0.29, 0.717) is 11.2 Å². The molecule has 5 heteroatoms. The van der Waals surface area contributed by atoms with Crippen molar-refractivity contribution in [1.29, 1.82) is 0 Å². The van der Waals surface area contributed by atoms with Crippen molar-refractivity contribution in [2.24, 2.45) is 5.92 Å². The fourth-order valence-corrected chi connectivity index (χ4v) is 4.00. The summed E-state index contributed by atoms with van der Waals surface area (Å²) >= 11 is 5.40. The Morgan fingerprint density at radius 2 is 1.81 bits per heavy atom.